The van der Waals surface area contributed by atoms with Gasteiger partial charge in [0.05, 0.1) is 48.7 Å². The Balaban J connectivity index is 1.82. The van der Waals surface area contributed by atoms with Crippen LogP contribution in [0.1, 0.15) is 29.9 Å². The second-order valence-corrected chi connectivity index (χ2v) is 9.49. The Morgan fingerprint density at radius 1 is 1.12 bits per heavy atom. The highest BCUT2D eigenvalue weighted by molar-refractivity contribution is 7.07. The predicted octanol–water partition coefficient (Wildman–Crippen LogP) is 3.45. The highest BCUT2D eigenvalue weighted by Gasteiger charge is 2.35. The van der Waals surface area contributed by atoms with Gasteiger partial charge in [-0.15, -0.1) is 0 Å². The SMILES string of the molecule is CCOC(=O)C1=C(c2ccccc2)N=c2s/c(=C\c3ccc([N+](=O)[O-])o3)c(=O)n2[C@H]1c1ccc(OC)c(OC)c1. The Bertz CT molecular complexity index is 1820. The Kier molecular flexibility index (Phi) is 7.34. The molecule has 1 aliphatic heterocycles. The van der Waals surface area contributed by atoms with Crippen LogP contribution in [0.15, 0.2) is 80.4 Å². The van der Waals surface area contributed by atoms with E-state index in [-0.39, 0.29) is 22.5 Å². The number of aromatic nitrogens is 1. The van der Waals surface area contributed by atoms with Crippen molar-refractivity contribution < 1.29 is 28.3 Å². The minimum atomic E-state index is -0.932. The number of esters is 1. The lowest BCUT2D eigenvalue weighted by Gasteiger charge is -2.26. The third-order valence-electron chi connectivity index (χ3n) is 6.16. The van der Waals surface area contributed by atoms with E-state index in [0.29, 0.717) is 33.1 Å². The molecule has 12 heteroatoms. The normalized spacial score (nSPS) is 14.9. The zero-order chi connectivity index (χ0) is 28.4. The van der Waals surface area contributed by atoms with E-state index < -0.39 is 28.4 Å². The number of fused-ring (bicyclic) bond motifs is 1. The van der Waals surface area contributed by atoms with E-state index in [1.54, 1.807) is 25.1 Å². The lowest BCUT2D eigenvalue weighted by atomic mass is 9.93. The molecular weight excluding hydrogens is 538 g/mol. The molecule has 3 heterocycles. The average molecular weight is 562 g/mol. The third kappa shape index (κ3) is 4.80. The molecule has 0 radical (unpaired) electrons. The van der Waals surface area contributed by atoms with Gasteiger partial charge in [-0.3, -0.25) is 19.5 Å². The number of benzene rings is 2. The summed E-state index contributed by atoms with van der Waals surface area (Å²) in [5.74, 6) is -0.0546. The van der Waals surface area contributed by atoms with Gasteiger partial charge in [-0.25, -0.2) is 9.79 Å². The number of nitro groups is 1. The van der Waals surface area contributed by atoms with Crippen molar-refractivity contribution in [2.75, 3.05) is 20.8 Å². The summed E-state index contributed by atoms with van der Waals surface area (Å²) < 4.78 is 23.2. The van der Waals surface area contributed by atoms with Gasteiger partial charge in [-0.1, -0.05) is 47.7 Å². The molecule has 0 N–H and O–H groups in total. The van der Waals surface area contributed by atoms with Crippen molar-refractivity contribution in [3.8, 4) is 11.5 Å². The largest absolute Gasteiger partial charge is 0.493 e. The van der Waals surface area contributed by atoms with Crippen LogP contribution in [0, 0.1) is 10.1 Å². The van der Waals surface area contributed by atoms with E-state index >= 15 is 0 Å². The lowest BCUT2D eigenvalue weighted by molar-refractivity contribution is -0.402. The highest BCUT2D eigenvalue weighted by atomic mass is 32.1. The third-order valence-corrected chi connectivity index (χ3v) is 7.15. The highest BCUT2D eigenvalue weighted by Crippen LogP contribution is 2.38. The molecule has 2 aromatic heterocycles. The lowest BCUT2D eigenvalue weighted by Crippen LogP contribution is -2.40. The maximum atomic E-state index is 13.9. The number of hydrogen-bond donors (Lipinski definition) is 0. The number of rotatable bonds is 8. The van der Waals surface area contributed by atoms with Crippen molar-refractivity contribution in [2.24, 2.45) is 4.99 Å². The van der Waals surface area contributed by atoms with Crippen molar-refractivity contribution >= 4 is 35.0 Å². The second-order valence-electron chi connectivity index (χ2n) is 8.48. The molecule has 0 amide bonds. The van der Waals surface area contributed by atoms with Crippen LogP contribution in [0.2, 0.25) is 0 Å². The van der Waals surface area contributed by atoms with Gasteiger partial charge in [-0.05, 0) is 30.7 Å². The van der Waals surface area contributed by atoms with Gasteiger partial charge in [0.15, 0.2) is 16.3 Å². The Labute approximate surface area is 231 Å². The van der Waals surface area contributed by atoms with Crippen molar-refractivity contribution in [3.63, 3.8) is 0 Å². The molecular formula is C28H23N3O8S. The van der Waals surface area contributed by atoms with Crippen LogP contribution in [-0.2, 0) is 9.53 Å². The Hall–Kier alpha value is -4.97. The van der Waals surface area contributed by atoms with Gasteiger partial charge in [0, 0.05) is 11.6 Å². The zero-order valence-corrected chi connectivity index (χ0v) is 22.5. The summed E-state index contributed by atoms with van der Waals surface area (Å²) in [6.45, 7) is 1.81. The molecule has 1 aliphatic rings. The zero-order valence-electron chi connectivity index (χ0n) is 21.7. The molecule has 5 rings (SSSR count). The maximum Gasteiger partial charge on any atom is 0.433 e. The molecule has 4 aromatic rings. The molecule has 0 spiro atoms. The molecule has 1 atom stereocenters. The van der Waals surface area contributed by atoms with Crippen LogP contribution >= 0.6 is 11.3 Å². The number of methoxy groups -OCH3 is 2. The quantitative estimate of drug-likeness (QED) is 0.181. The molecule has 0 aliphatic carbocycles. The van der Waals surface area contributed by atoms with E-state index in [9.17, 15) is 19.7 Å². The molecule has 2 aromatic carbocycles. The first-order valence-electron chi connectivity index (χ1n) is 12.1. The summed E-state index contributed by atoms with van der Waals surface area (Å²) in [5, 5.41) is 11.1. The fourth-order valence-corrected chi connectivity index (χ4v) is 5.41. The second kappa shape index (κ2) is 11.0. The first-order valence-corrected chi connectivity index (χ1v) is 12.9. The molecule has 0 saturated heterocycles. The minimum Gasteiger partial charge on any atom is -0.493 e. The summed E-state index contributed by atoms with van der Waals surface area (Å²) in [6, 6.07) is 15.9. The predicted molar refractivity (Wildman–Crippen MR) is 146 cm³/mol. The number of furan rings is 1. The Morgan fingerprint density at radius 3 is 2.52 bits per heavy atom. The topological polar surface area (TPSA) is 135 Å². The van der Waals surface area contributed by atoms with Gasteiger partial charge >= 0.3 is 11.9 Å². The van der Waals surface area contributed by atoms with Gasteiger partial charge in [0.2, 0.25) is 0 Å². The summed E-state index contributed by atoms with van der Waals surface area (Å²) in [6.07, 6.45) is 1.42. The van der Waals surface area contributed by atoms with E-state index in [4.69, 9.17) is 23.6 Å². The van der Waals surface area contributed by atoms with Crippen molar-refractivity contribution in [3.05, 3.63) is 113 Å². The average Bonchev–Trinajstić information content (AvgIpc) is 3.56. The minimum absolute atomic E-state index is 0.116. The summed E-state index contributed by atoms with van der Waals surface area (Å²) in [7, 11) is 3.00. The molecule has 0 saturated carbocycles. The molecule has 40 heavy (non-hydrogen) atoms. The van der Waals surface area contributed by atoms with E-state index in [1.807, 2.05) is 30.3 Å². The summed E-state index contributed by atoms with van der Waals surface area (Å²) >= 11 is 1.07. The number of carbonyl (C=O) groups is 1. The van der Waals surface area contributed by atoms with Crippen LogP contribution in [-0.4, -0.2) is 36.3 Å². The number of carbonyl (C=O) groups excluding carboxylic acids is 1. The molecule has 204 valence electrons. The molecule has 0 fully saturated rings. The fourth-order valence-electron chi connectivity index (χ4n) is 4.43. The standard InChI is InChI=1S/C28H23N3O8S/c1-4-38-27(33)23-24(16-8-6-5-7-9-16)29-28-30(25(23)17-10-12-19(36-2)20(14-17)37-3)26(32)21(40-28)15-18-11-13-22(39-18)31(34)35/h5-15,25H,4H2,1-3H3/b21-15-/t25-/m0/s1. The smallest absolute Gasteiger partial charge is 0.433 e. The first-order chi connectivity index (χ1) is 19.4. The molecule has 11 nitrogen and oxygen atoms in total. The van der Waals surface area contributed by atoms with Gasteiger partial charge in [0.25, 0.3) is 5.56 Å². The van der Waals surface area contributed by atoms with Crippen molar-refractivity contribution in [1.82, 2.24) is 4.57 Å². The van der Waals surface area contributed by atoms with E-state index in [1.165, 1.54) is 37.0 Å². The van der Waals surface area contributed by atoms with Gasteiger partial charge in [-0.2, -0.15) is 0 Å². The number of ether oxygens (including phenoxy) is 3. The summed E-state index contributed by atoms with van der Waals surface area (Å²) in [5.41, 5.74) is 1.30. The molecule has 0 unspecified atom stereocenters. The number of thiazole rings is 1. The monoisotopic (exact) mass is 561 g/mol. The first kappa shape index (κ1) is 26.6. The maximum absolute atomic E-state index is 13.9. The van der Waals surface area contributed by atoms with Gasteiger partial charge < -0.3 is 18.6 Å². The van der Waals surface area contributed by atoms with Crippen LogP contribution in [0.25, 0.3) is 11.8 Å². The van der Waals surface area contributed by atoms with E-state index in [2.05, 4.69) is 0 Å². The molecule has 0 bridgehead atoms. The van der Waals surface area contributed by atoms with Crippen LogP contribution in [0.3, 0.4) is 0 Å². The van der Waals surface area contributed by atoms with Crippen molar-refractivity contribution in [2.45, 2.75) is 13.0 Å². The van der Waals surface area contributed by atoms with Gasteiger partial charge in [0.1, 0.15) is 10.7 Å². The Morgan fingerprint density at radius 2 is 1.88 bits per heavy atom. The fraction of sp³-hybridized carbons (Fsp3) is 0.179. The van der Waals surface area contributed by atoms with E-state index in [0.717, 1.165) is 11.3 Å². The van der Waals surface area contributed by atoms with Crippen LogP contribution in [0.4, 0.5) is 5.88 Å². The van der Waals surface area contributed by atoms with Crippen molar-refractivity contribution in [1.29, 1.82) is 0 Å². The number of hydrogen-bond acceptors (Lipinski definition) is 10. The summed E-state index contributed by atoms with van der Waals surface area (Å²) in [4.78, 5) is 42.9. The van der Waals surface area contributed by atoms with Crippen LogP contribution in [0.5, 0.6) is 11.5 Å². The number of nitrogens with zero attached hydrogens (tertiary/aromatic N) is 3. The van der Waals surface area contributed by atoms with Crippen LogP contribution < -0.4 is 24.4 Å².